The SMILES string of the molecule is CC(C)(C)OC(=O)NCCNC(=O)C1CCCN(C(=O)c2ccc(CN3C(=O)CCC3=O)cc2)C1. The van der Waals surface area contributed by atoms with Gasteiger partial charge < -0.3 is 20.3 Å². The first-order valence-electron chi connectivity index (χ1n) is 12.0. The van der Waals surface area contributed by atoms with Gasteiger partial charge in [-0.15, -0.1) is 0 Å². The van der Waals surface area contributed by atoms with Gasteiger partial charge in [-0.2, -0.15) is 0 Å². The molecule has 0 spiro atoms. The zero-order valence-electron chi connectivity index (χ0n) is 20.6. The van der Waals surface area contributed by atoms with E-state index in [2.05, 4.69) is 10.6 Å². The standard InChI is InChI=1S/C25H34N4O6/c1-25(2,3)35-24(34)27-13-12-26-22(32)19-5-4-14-28(16-19)23(33)18-8-6-17(7-9-18)15-29-20(30)10-11-21(29)31/h6-9,19H,4-5,10-16H2,1-3H3,(H,26,32)(H,27,34). The Labute approximate surface area is 205 Å². The lowest BCUT2D eigenvalue weighted by Crippen LogP contribution is -2.46. The molecule has 0 saturated carbocycles. The molecular formula is C25H34N4O6. The number of hydrogen-bond donors (Lipinski definition) is 2. The Bertz CT molecular complexity index is 953. The molecule has 190 valence electrons. The second-order valence-corrected chi connectivity index (χ2v) is 9.88. The summed E-state index contributed by atoms with van der Waals surface area (Å²) in [7, 11) is 0. The summed E-state index contributed by atoms with van der Waals surface area (Å²) in [6.07, 6.45) is 1.37. The van der Waals surface area contributed by atoms with Crippen molar-refractivity contribution in [3.05, 3.63) is 35.4 Å². The largest absolute Gasteiger partial charge is 0.444 e. The van der Waals surface area contributed by atoms with Gasteiger partial charge in [0, 0.05) is 44.6 Å². The van der Waals surface area contributed by atoms with Crippen LogP contribution in [0.15, 0.2) is 24.3 Å². The molecular weight excluding hydrogens is 452 g/mol. The van der Waals surface area contributed by atoms with Crippen LogP contribution in [-0.4, -0.2) is 71.3 Å². The second-order valence-electron chi connectivity index (χ2n) is 9.88. The molecule has 1 unspecified atom stereocenters. The molecule has 0 aromatic heterocycles. The summed E-state index contributed by atoms with van der Waals surface area (Å²) < 4.78 is 5.15. The summed E-state index contributed by atoms with van der Waals surface area (Å²) in [6, 6.07) is 6.87. The van der Waals surface area contributed by atoms with Crippen LogP contribution in [0.2, 0.25) is 0 Å². The van der Waals surface area contributed by atoms with E-state index in [0.717, 1.165) is 12.0 Å². The van der Waals surface area contributed by atoms with Crippen molar-refractivity contribution in [2.45, 2.75) is 58.6 Å². The summed E-state index contributed by atoms with van der Waals surface area (Å²) in [6.45, 7) is 6.95. The van der Waals surface area contributed by atoms with Crippen LogP contribution in [0.5, 0.6) is 0 Å². The molecule has 0 bridgehead atoms. The van der Waals surface area contributed by atoms with E-state index >= 15 is 0 Å². The number of hydrogen-bond acceptors (Lipinski definition) is 6. The topological polar surface area (TPSA) is 125 Å². The quantitative estimate of drug-likeness (QED) is 0.447. The summed E-state index contributed by atoms with van der Waals surface area (Å²) in [5.41, 5.74) is 0.689. The molecule has 2 heterocycles. The Hall–Kier alpha value is -3.43. The van der Waals surface area contributed by atoms with Crippen LogP contribution in [0, 0.1) is 5.92 Å². The predicted octanol–water partition coefficient (Wildman–Crippen LogP) is 1.83. The Morgan fingerprint density at radius 2 is 1.63 bits per heavy atom. The van der Waals surface area contributed by atoms with Crippen LogP contribution < -0.4 is 10.6 Å². The van der Waals surface area contributed by atoms with E-state index in [9.17, 15) is 24.0 Å². The third kappa shape index (κ3) is 7.53. The minimum Gasteiger partial charge on any atom is -0.444 e. The highest BCUT2D eigenvalue weighted by Crippen LogP contribution is 2.20. The van der Waals surface area contributed by atoms with Crippen LogP contribution in [-0.2, 0) is 25.7 Å². The molecule has 5 amide bonds. The summed E-state index contributed by atoms with van der Waals surface area (Å²) >= 11 is 0. The normalized spacial score (nSPS) is 18.4. The van der Waals surface area contributed by atoms with E-state index in [-0.39, 0.29) is 62.0 Å². The molecule has 2 N–H and O–H groups in total. The van der Waals surface area contributed by atoms with Gasteiger partial charge in [0.1, 0.15) is 5.60 Å². The van der Waals surface area contributed by atoms with Gasteiger partial charge in [-0.25, -0.2) is 4.79 Å². The molecule has 0 aliphatic carbocycles. The van der Waals surface area contributed by atoms with Crippen molar-refractivity contribution >= 4 is 29.7 Å². The molecule has 35 heavy (non-hydrogen) atoms. The Morgan fingerprint density at radius 3 is 2.26 bits per heavy atom. The first kappa shape index (κ1) is 26.2. The molecule has 2 aliphatic rings. The third-order valence-electron chi connectivity index (χ3n) is 5.87. The fourth-order valence-corrected chi connectivity index (χ4v) is 4.10. The monoisotopic (exact) mass is 486 g/mol. The number of carbonyl (C=O) groups excluding carboxylic acids is 5. The second kappa shape index (κ2) is 11.3. The first-order chi connectivity index (χ1) is 16.5. The van der Waals surface area contributed by atoms with Crippen LogP contribution in [0.4, 0.5) is 4.79 Å². The highest BCUT2D eigenvalue weighted by Gasteiger charge is 2.30. The Morgan fingerprint density at radius 1 is 1.00 bits per heavy atom. The van der Waals surface area contributed by atoms with Gasteiger partial charge in [0.05, 0.1) is 12.5 Å². The molecule has 1 aromatic carbocycles. The fraction of sp³-hybridized carbons (Fsp3) is 0.560. The third-order valence-corrected chi connectivity index (χ3v) is 5.87. The number of nitrogens with one attached hydrogen (secondary N) is 2. The maximum absolute atomic E-state index is 13.0. The average Bonchev–Trinajstić information content (AvgIpc) is 3.13. The highest BCUT2D eigenvalue weighted by molar-refractivity contribution is 6.01. The van der Waals surface area contributed by atoms with E-state index in [1.807, 2.05) is 0 Å². The van der Waals surface area contributed by atoms with Crippen molar-refractivity contribution in [3.8, 4) is 0 Å². The molecule has 1 aromatic rings. The van der Waals surface area contributed by atoms with Crippen LogP contribution >= 0.6 is 0 Å². The maximum Gasteiger partial charge on any atom is 0.407 e. The van der Waals surface area contributed by atoms with Gasteiger partial charge in [-0.05, 0) is 51.3 Å². The van der Waals surface area contributed by atoms with Gasteiger partial charge in [-0.3, -0.25) is 24.1 Å². The number of nitrogens with zero attached hydrogens (tertiary/aromatic N) is 2. The van der Waals surface area contributed by atoms with Gasteiger partial charge in [0.2, 0.25) is 17.7 Å². The number of benzene rings is 1. The van der Waals surface area contributed by atoms with Crippen LogP contribution in [0.3, 0.4) is 0 Å². The number of ether oxygens (including phenoxy) is 1. The Balaban J connectivity index is 1.46. The van der Waals surface area contributed by atoms with Gasteiger partial charge >= 0.3 is 6.09 Å². The summed E-state index contributed by atoms with van der Waals surface area (Å²) in [4.78, 5) is 63.8. The van der Waals surface area contributed by atoms with Crippen molar-refractivity contribution in [1.82, 2.24) is 20.4 Å². The summed E-state index contributed by atoms with van der Waals surface area (Å²) in [5, 5.41) is 5.41. The number of likely N-dealkylation sites (tertiary alicyclic amines) is 2. The lowest BCUT2D eigenvalue weighted by atomic mass is 9.96. The van der Waals surface area contributed by atoms with Gasteiger partial charge in [-0.1, -0.05) is 12.1 Å². The van der Waals surface area contributed by atoms with Crippen LogP contribution in [0.25, 0.3) is 0 Å². The van der Waals surface area contributed by atoms with Crippen molar-refractivity contribution in [2.24, 2.45) is 5.92 Å². The molecule has 2 fully saturated rings. The van der Waals surface area contributed by atoms with E-state index in [4.69, 9.17) is 4.74 Å². The van der Waals surface area contributed by atoms with Crippen LogP contribution in [0.1, 0.15) is 62.4 Å². The Kier molecular flexibility index (Phi) is 8.48. The lowest BCUT2D eigenvalue weighted by molar-refractivity contribution is -0.139. The number of amides is 5. The van der Waals surface area contributed by atoms with E-state index in [0.29, 0.717) is 25.1 Å². The predicted molar refractivity (Wildman–Crippen MR) is 127 cm³/mol. The maximum atomic E-state index is 13.0. The van der Waals surface area contributed by atoms with Crippen molar-refractivity contribution in [1.29, 1.82) is 0 Å². The number of imide groups is 1. The minimum absolute atomic E-state index is 0.149. The summed E-state index contributed by atoms with van der Waals surface area (Å²) in [5.74, 6) is -0.972. The van der Waals surface area contributed by atoms with Gasteiger partial charge in [0.15, 0.2) is 0 Å². The number of piperidine rings is 1. The zero-order chi connectivity index (χ0) is 25.6. The van der Waals surface area contributed by atoms with Crippen molar-refractivity contribution < 1.29 is 28.7 Å². The molecule has 0 radical (unpaired) electrons. The number of carbonyl (C=O) groups is 5. The molecule has 10 heteroatoms. The molecule has 2 saturated heterocycles. The number of alkyl carbamates (subject to hydrolysis) is 1. The van der Waals surface area contributed by atoms with Crippen molar-refractivity contribution in [2.75, 3.05) is 26.2 Å². The highest BCUT2D eigenvalue weighted by atomic mass is 16.6. The molecule has 2 aliphatic heterocycles. The fourth-order valence-electron chi connectivity index (χ4n) is 4.10. The molecule has 10 nitrogen and oxygen atoms in total. The smallest absolute Gasteiger partial charge is 0.407 e. The van der Waals surface area contributed by atoms with E-state index in [1.165, 1.54) is 4.90 Å². The number of rotatable bonds is 7. The van der Waals surface area contributed by atoms with E-state index in [1.54, 1.807) is 49.9 Å². The average molecular weight is 487 g/mol. The van der Waals surface area contributed by atoms with Crippen molar-refractivity contribution in [3.63, 3.8) is 0 Å². The van der Waals surface area contributed by atoms with Gasteiger partial charge in [0.25, 0.3) is 5.91 Å². The zero-order valence-corrected chi connectivity index (χ0v) is 20.6. The minimum atomic E-state index is -0.586. The lowest BCUT2D eigenvalue weighted by Gasteiger charge is -2.32. The first-order valence-corrected chi connectivity index (χ1v) is 12.0. The molecule has 3 rings (SSSR count). The van der Waals surface area contributed by atoms with E-state index < -0.39 is 11.7 Å². The molecule has 1 atom stereocenters.